The van der Waals surface area contributed by atoms with Gasteiger partial charge in [0.1, 0.15) is 17.2 Å². The van der Waals surface area contributed by atoms with Crippen molar-refractivity contribution in [3.8, 4) is 11.5 Å². The number of aldehydes is 1. The molecule has 0 unspecified atom stereocenters. The molecule has 21 heavy (non-hydrogen) atoms. The van der Waals surface area contributed by atoms with Gasteiger partial charge in [-0.1, -0.05) is 12.1 Å². The molecule has 0 aliphatic heterocycles. The van der Waals surface area contributed by atoms with Crippen LogP contribution < -0.4 is 9.47 Å². The second kappa shape index (κ2) is 7.42. The molecule has 0 saturated heterocycles. The van der Waals surface area contributed by atoms with Crippen molar-refractivity contribution in [3.05, 3.63) is 35.7 Å². The molecular formula is C15H19N3O3. The smallest absolute Gasteiger partial charge is 0.172 e. The summed E-state index contributed by atoms with van der Waals surface area (Å²) < 4.78 is 12.5. The van der Waals surface area contributed by atoms with Crippen LogP contribution in [-0.4, -0.2) is 35.0 Å². The highest BCUT2D eigenvalue weighted by Crippen LogP contribution is 2.17. The topological polar surface area (TPSA) is 66.2 Å². The van der Waals surface area contributed by atoms with Gasteiger partial charge >= 0.3 is 0 Å². The van der Waals surface area contributed by atoms with E-state index in [1.165, 1.54) is 0 Å². The zero-order chi connectivity index (χ0) is 15.1. The van der Waals surface area contributed by atoms with Crippen molar-refractivity contribution in [2.45, 2.75) is 26.3 Å². The molecule has 0 aliphatic rings. The van der Waals surface area contributed by atoms with Gasteiger partial charge in [-0.25, -0.2) is 4.68 Å². The number of nitrogens with zero attached hydrogens (tertiary/aromatic N) is 3. The molecule has 0 bridgehead atoms. The van der Waals surface area contributed by atoms with E-state index in [1.807, 2.05) is 31.2 Å². The molecule has 0 aliphatic carbocycles. The van der Waals surface area contributed by atoms with Gasteiger partial charge in [-0.2, -0.15) is 0 Å². The molecule has 6 nitrogen and oxygen atoms in total. The van der Waals surface area contributed by atoms with Gasteiger partial charge in [0.15, 0.2) is 6.29 Å². The fraction of sp³-hybridized carbons (Fsp3) is 0.400. The maximum Gasteiger partial charge on any atom is 0.172 e. The Morgan fingerprint density at radius 1 is 1.24 bits per heavy atom. The minimum atomic E-state index is 0.425. The van der Waals surface area contributed by atoms with E-state index >= 15 is 0 Å². The third-order valence-electron chi connectivity index (χ3n) is 3.16. The maximum atomic E-state index is 10.8. The van der Waals surface area contributed by atoms with Gasteiger partial charge in [-0.3, -0.25) is 4.79 Å². The Balaban J connectivity index is 1.81. The number of hydrogen-bond donors (Lipinski definition) is 0. The minimum Gasteiger partial charge on any atom is -0.497 e. The number of carbonyl (C=O) groups excluding carboxylic acids is 1. The summed E-state index contributed by atoms with van der Waals surface area (Å²) in [6.45, 7) is 3.24. The van der Waals surface area contributed by atoms with Gasteiger partial charge in [0.25, 0.3) is 0 Å². The van der Waals surface area contributed by atoms with Crippen molar-refractivity contribution >= 4 is 6.29 Å². The number of methoxy groups -OCH3 is 1. The lowest BCUT2D eigenvalue weighted by Gasteiger charge is -2.08. The average Bonchev–Trinajstić information content (AvgIpc) is 2.94. The van der Waals surface area contributed by atoms with Crippen LogP contribution in [0.5, 0.6) is 11.5 Å². The number of rotatable bonds is 8. The predicted molar refractivity (Wildman–Crippen MR) is 77.9 cm³/mol. The molecular weight excluding hydrogens is 270 g/mol. The molecule has 1 aromatic carbocycles. The Morgan fingerprint density at radius 2 is 1.95 bits per heavy atom. The molecule has 0 radical (unpaired) electrons. The lowest BCUT2D eigenvalue weighted by atomic mass is 10.2. The lowest BCUT2D eigenvalue weighted by Crippen LogP contribution is -2.09. The molecule has 6 heteroatoms. The number of aromatic nitrogens is 3. The first-order chi connectivity index (χ1) is 10.3. The van der Waals surface area contributed by atoms with E-state index in [1.54, 1.807) is 11.8 Å². The van der Waals surface area contributed by atoms with Crippen LogP contribution in [0.3, 0.4) is 0 Å². The largest absolute Gasteiger partial charge is 0.497 e. The van der Waals surface area contributed by atoms with Crippen LogP contribution in [0, 0.1) is 0 Å². The number of benzene rings is 1. The van der Waals surface area contributed by atoms with E-state index in [2.05, 4.69) is 10.3 Å². The number of carbonyl (C=O) groups is 1. The van der Waals surface area contributed by atoms with E-state index in [0.29, 0.717) is 18.8 Å². The summed E-state index contributed by atoms with van der Waals surface area (Å²) in [5, 5.41) is 7.84. The van der Waals surface area contributed by atoms with Crippen molar-refractivity contribution in [2.24, 2.45) is 0 Å². The van der Waals surface area contributed by atoms with Crippen LogP contribution in [0.2, 0.25) is 0 Å². The summed E-state index contributed by atoms with van der Waals surface area (Å²) in [6.07, 6.45) is 2.28. The van der Waals surface area contributed by atoms with Crippen LogP contribution in [0.1, 0.15) is 29.5 Å². The Labute approximate surface area is 123 Å². The summed E-state index contributed by atoms with van der Waals surface area (Å²) in [4.78, 5) is 10.8. The number of ether oxygens (including phenoxy) is 2. The van der Waals surface area contributed by atoms with Crippen LogP contribution in [0.15, 0.2) is 24.3 Å². The molecule has 112 valence electrons. The normalized spacial score (nSPS) is 10.4. The Bertz CT molecular complexity index is 578. The fourth-order valence-electron chi connectivity index (χ4n) is 2.06. The van der Waals surface area contributed by atoms with Crippen molar-refractivity contribution in [3.63, 3.8) is 0 Å². The van der Waals surface area contributed by atoms with E-state index in [0.717, 1.165) is 36.3 Å². The van der Waals surface area contributed by atoms with Gasteiger partial charge in [0.2, 0.25) is 0 Å². The Morgan fingerprint density at radius 3 is 2.57 bits per heavy atom. The molecule has 1 heterocycles. The minimum absolute atomic E-state index is 0.425. The van der Waals surface area contributed by atoms with Crippen LogP contribution in [0.4, 0.5) is 0 Å². The fourth-order valence-corrected chi connectivity index (χ4v) is 2.06. The quantitative estimate of drug-likeness (QED) is 0.550. The van der Waals surface area contributed by atoms with E-state index in [9.17, 15) is 4.79 Å². The molecule has 0 atom stereocenters. The number of hydrogen-bond acceptors (Lipinski definition) is 5. The highest BCUT2D eigenvalue weighted by atomic mass is 16.5. The van der Waals surface area contributed by atoms with Crippen LogP contribution in [-0.2, 0) is 13.0 Å². The van der Waals surface area contributed by atoms with Gasteiger partial charge in [0, 0.05) is 13.0 Å². The first-order valence-electron chi connectivity index (χ1n) is 6.93. The standard InChI is InChI=1S/C15H19N3O3/c1-3-15-14(11-19)16-17-18(15)9-4-10-21-13-7-5-12(20-2)6-8-13/h5-8,11H,3-4,9-10H2,1-2H3. The molecule has 0 fully saturated rings. The zero-order valence-electron chi connectivity index (χ0n) is 12.3. The molecule has 1 aromatic heterocycles. The number of aryl methyl sites for hydroxylation is 1. The monoisotopic (exact) mass is 289 g/mol. The van der Waals surface area contributed by atoms with Crippen molar-refractivity contribution in [1.82, 2.24) is 15.0 Å². The van der Waals surface area contributed by atoms with Gasteiger partial charge in [0.05, 0.1) is 19.4 Å². The van der Waals surface area contributed by atoms with Crippen molar-refractivity contribution in [2.75, 3.05) is 13.7 Å². The summed E-state index contributed by atoms with van der Waals surface area (Å²) in [6, 6.07) is 7.46. The third-order valence-corrected chi connectivity index (χ3v) is 3.16. The molecule has 0 amide bonds. The van der Waals surface area contributed by atoms with Gasteiger partial charge < -0.3 is 9.47 Å². The van der Waals surface area contributed by atoms with E-state index < -0.39 is 0 Å². The Hall–Kier alpha value is -2.37. The summed E-state index contributed by atoms with van der Waals surface area (Å²) in [7, 11) is 1.63. The van der Waals surface area contributed by atoms with Gasteiger partial charge in [-0.15, -0.1) is 5.10 Å². The first-order valence-corrected chi connectivity index (χ1v) is 6.93. The van der Waals surface area contributed by atoms with Gasteiger partial charge in [-0.05, 0) is 30.7 Å². The Kier molecular flexibility index (Phi) is 5.31. The molecule has 2 aromatic rings. The predicted octanol–water partition coefficient (Wildman–Crippen LogP) is 2.13. The SMILES string of the molecule is CCc1c(C=O)nnn1CCCOc1ccc(OC)cc1. The van der Waals surface area contributed by atoms with E-state index in [4.69, 9.17) is 9.47 Å². The highest BCUT2D eigenvalue weighted by molar-refractivity contribution is 5.73. The summed E-state index contributed by atoms with van der Waals surface area (Å²) >= 11 is 0. The second-order valence-electron chi connectivity index (χ2n) is 4.49. The zero-order valence-corrected chi connectivity index (χ0v) is 12.3. The van der Waals surface area contributed by atoms with Crippen LogP contribution in [0.25, 0.3) is 0 Å². The van der Waals surface area contributed by atoms with Crippen molar-refractivity contribution < 1.29 is 14.3 Å². The summed E-state index contributed by atoms with van der Waals surface area (Å²) in [5.74, 6) is 1.61. The molecule has 2 rings (SSSR count). The highest BCUT2D eigenvalue weighted by Gasteiger charge is 2.09. The van der Waals surface area contributed by atoms with Crippen molar-refractivity contribution in [1.29, 1.82) is 0 Å². The lowest BCUT2D eigenvalue weighted by molar-refractivity contribution is 0.111. The molecule has 0 N–H and O–H groups in total. The molecule has 0 spiro atoms. The first kappa shape index (κ1) is 15.0. The second-order valence-corrected chi connectivity index (χ2v) is 4.49. The molecule has 0 saturated carbocycles. The summed E-state index contributed by atoms with van der Waals surface area (Å²) in [5.41, 5.74) is 1.29. The third kappa shape index (κ3) is 3.81. The average molecular weight is 289 g/mol. The van der Waals surface area contributed by atoms with Crippen LogP contribution >= 0.6 is 0 Å². The van der Waals surface area contributed by atoms with E-state index in [-0.39, 0.29) is 0 Å². The maximum absolute atomic E-state index is 10.8.